The van der Waals surface area contributed by atoms with Crippen LogP contribution in [-0.4, -0.2) is 24.3 Å². The number of hydrogen-bond donors (Lipinski definition) is 2. The summed E-state index contributed by atoms with van der Waals surface area (Å²) in [4.78, 5) is 2.31. The third-order valence-corrected chi connectivity index (χ3v) is 3.94. The van der Waals surface area contributed by atoms with E-state index in [0.717, 1.165) is 36.0 Å². The van der Waals surface area contributed by atoms with E-state index in [1.54, 1.807) is 0 Å². The third-order valence-electron chi connectivity index (χ3n) is 3.30. The molecule has 0 spiro atoms. The smallest absolute Gasteiger partial charge is 0.0574 e. The fourth-order valence-electron chi connectivity index (χ4n) is 2.17. The monoisotopic (exact) mass is 298 g/mol. The molecule has 1 aliphatic rings. The predicted molar refractivity (Wildman–Crippen MR) is 74.2 cm³/mol. The Morgan fingerprint density at radius 1 is 1.41 bits per heavy atom. The maximum atomic E-state index is 9.51. The molecule has 0 bridgehead atoms. The van der Waals surface area contributed by atoms with Gasteiger partial charge in [-0.15, -0.1) is 0 Å². The average Bonchev–Trinajstić information content (AvgIpc) is 2.30. The number of aliphatic hydroxyl groups is 1. The highest BCUT2D eigenvalue weighted by Gasteiger charge is 2.19. The number of halogens is 1. The van der Waals surface area contributed by atoms with E-state index in [0.29, 0.717) is 0 Å². The first-order valence-electron chi connectivity index (χ1n) is 6.06. The highest BCUT2D eigenvalue weighted by molar-refractivity contribution is 9.10. The summed E-state index contributed by atoms with van der Waals surface area (Å²) in [5.41, 5.74) is 8.19. The lowest BCUT2D eigenvalue weighted by molar-refractivity contribution is 0.145. The first kappa shape index (κ1) is 12.9. The first-order valence-corrected chi connectivity index (χ1v) is 6.85. The largest absolute Gasteiger partial charge is 0.393 e. The summed E-state index contributed by atoms with van der Waals surface area (Å²) in [6.07, 6.45) is 1.57. The maximum absolute atomic E-state index is 9.51. The van der Waals surface area contributed by atoms with Gasteiger partial charge in [-0.05, 0) is 53.4 Å². The van der Waals surface area contributed by atoms with Crippen LogP contribution in [0.1, 0.15) is 31.4 Å². The molecule has 1 aliphatic heterocycles. The lowest BCUT2D eigenvalue weighted by Crippen LogP contribution is -2.36. The molecule has 4 heteroatoms. The topological polar surface area (TPSA) is 49.5 Å². The highest BCUT2D eigenvalue weighted by Crippen LogP contribution is 2.30. The van der Waals surface area contributed by atoms with E-state index in [4.69, 9.17) is 5.73 Å². The fraction of sp³-hybridized carbons (Fsp3) is 0.538. The average molecular weight is 299 g/mol. The number of nitrogens with two attached hydrogens (primary N) is 1. The van der Waals surface area contributed by atoms with E-state index in [-0.39, 0.29) is 12.1 Å². The van der Waals surface area contributed by atoms with Gasteiger partial charge in [0.25, 0.3) is 0 Å². The SMILES string of the molecule is CC(N)c1ccc(N2CCC(O)CC2)c(Br)c1. The van der Waals surface area contributed by atoms with Gasteiger partial charge in [0.15, 0.2) is 0 Å². The van der Waals surface area contributed by atoms with Gasteiger partial charge in [0, 0.05) is 23.6 Å². The van der Waals surface area contributed by atoms with Crippen molar-refractivity contribution in [3.63, 3.8) is 0 Å². The predicted octanol–water partition coefficient (Wildman–Crippen LogP) is 2.43. The summed E-state index contributed by atoms with van der Waals surface area (Å²) in [6, 6.07) is 6.34. The van der Waals surface area contributed by atoms with Crippen molar-refractivity contribution in [2.75, 3.05) is 18.0 Å². The summed E-state index contributed by atoms with van der Waals surface area (Å²) < 4.78 is 1.09. The Morgan fingerprint density at radius 3 is 2.59 bits per heavy atom. The summed E-state index contributed by atoms with van der Waals surface area (Å²) in [7, 11) is 0. The zero-order valence-corrected chi connectivity index (χ0v) is 11.7. The molecule has 94 valence electrons. The summed E-state index contributed by atoms with van der Waals surface area (Å²) >= 11 is 3.61. The van der Waals surface area contributed by atoms with Crippen LogP contribution in [-0.2, 0) is 0 Å². The van der Waals surface area contributed by atoms with Crippen LogP contribution in [0.3, 0.4) is 0 Å². The van der Waals surface area contributed by atoms with E-state index in [9.17, 15) is 5.11 Å². The van der Waals surface area contributed by atoms with Crippen LogP contribution in [0, 0.1) is 0 Å². The maximum Gasteiger partial charge on any atom is 0.0574 e. The second-order valence-electron chi connectivity index (χ2n) is 4.72. The van der Waals surface area contributed by atoms with Crippen LogP contribution >= 0.6 is 15.9 Å². The molecule has 0 saturated carbocycles. The zero-order valence-electron chi connectivity index (χ0n) is 10.1. The molecule has 1 fully saturated rings. The van der Waals surface area contributed by atoms with E-state index >= 15 is 0 Å². The molecule has 1 saturated heterocycles. The molecule has 0 aromatic heterocycles. The number of piperidine rings is 1. The van der Waals surface area contributed by atoms with Crippen molar-refractivity contribution < 1.29 is 5.11 Å². The molecule has 1 aromatic carbocycles. The van der Waals surface area contributed by atoms with Crippen molar-refractivity contribution in [2.24, 2.45) is 5.73 Å². The number of anilines is 1. The van der Waals surface area contributed by atoms with Gasteiger partial charge in [0.1, 0.15) is 0 Å². The molecule has 17 heavy (non-hydrogen) atoms. The fourth-order valence-corrected chi connectivity index (χ4v) is 2.82. The molecule has 3 N–H and O–H groups in total. The quantitative estimate of drug-likeness (QED) is 0.882. The molecule has 1 heterocycles. The van der Waals surface area contributed by atoms with Crippen molar-refractivity contribution in [1.29, 1.82) is 0 Å². The highest BCUT2D eigenvalue weighted by atomic mass is 79.9. The Balaban J connectivity index is 2.16. The molecule has 1 unspecified atom stereocenters. The number of rotatable bonds is 2. The Hall–Kier alpha value is -0.580. The van der Waals surface area contributed by atoms with Gasteiger partial charge in [-0.3, -0.25) is 0 Å². The van der Waals surface area contributed by atoms with Gasteiger partial charge in [0.2, 0.25) is 0 Å². The Labute approximate surface area is 111 Å². The number of aliphatic hydroxyl groups excluding tert-OH is 1. The van der Waals surface area contributed by atoms with Crippen LogP contribution in [0.15, 0.2) is 22.7 Å². The van der Waals surface area contributed by atoms with Crippen molar-refractivity contribution in [1.82, 2.24) is 0 Å². The minimum absolute atomic E-state index is 0.0588. The van der Waals surface area contributed by atoms with Gasteiger partial charge in [-0.25, -0.2) is 0 Å². The van der Waals surface area contributed by atoms with Crippen LogP contribution in [0.4, 0.5) is 5.69 Å². The molecule has 0 radical (unpaired) electrons. The van der Waals surface area contributed by atoms with Crippen LogP contribution in [0.2, 0.25) is 0 Å². The summed E-state index contributed by atoms with van der Waals surface area (Å²) in [6.45, 7) is 3.81. The molecular formula is C13H19BrN2O. The lowest BCUT2D eigenvalue weighted by atomic mass is 10.1. The van der Waals surface area contributed by atoms with Gasteiger partial charge in [-0.1, -0.05) is 6.07 Å². The van der Waals surface area contributed by atoms with Gasteiger partial charge >= 0.3 is 0 Å². The van der Waals surface area contributed by atoms with E-state index in [1.807, 2.05) is 6.92 Å². The lowest BCUT2D eigenvalue weighted by Gasteiger charge is -2.32. The normalized spacial score (nSPS) is 19.4. The Bertz CT molecular complexity index is 387. The van der Waals surface area contributed by atoms with E-state index in [2.05, 4.69) is 39.0 Å². The standard InChI is InChI=1S/C13H19BrN2O/c1-9(15)10-2-3-13(12(14)8-10)16-6-4-11(17)5-7-16/h2-3,8-9,11,17H,4-7,15H2,1H3. The van der Waals surface area contributed by atoms with Crippen molar-refractivity contribution in [3.05, 3.63) is 28.2 Å². The van der Waals surface area contributed by atoms with Crippen LogP contribution in [0.5, 0.6) is 0 Å². The number of hydrogen-bond acceptors (Lipinski definition) is 3. The molecular weight excluding hydrogens is 280 g/mol. The van der Waals surface area contributed by atoms with Crippen molar-refractivity contribution in [3.8, 4) is 0 Å². The Morgan fingerprint density at radius 2 is 2.06 bits per heavy atom. The minimum Gasteiger partial charge on any atom is -0.393 e. The van der Waals surface area contributed by atoms with Crippen LogP contribution < -0.4 is 10.6 Å². The van der Waals surface area contributed by atoms with Gasteiger partial charge in [0.05, 0.1) is 11.8 Å². The third kappa shape index (κ3) is 3.00. The van der Waals surface area contributed by atoms with Crippen molar-refractivity contribution in [2.45, 2.75) is 31.9 Å². The van der Waals surface area contributed by atoms with Gasteiger partial charge < -0.3 is 15.7 Å². The first-order chi connectivity index (χ1) is 8.08. The van der Waals surface area contributed by atoms with Crippen molar-refractivity contribution >= 4 is 21.6 Å². The number of nitrogens with zero attached hydrogens (tertiary/aromatic N) is 1. The molecule has 1 atom stereocenters. The second-order valence-corrected chi connectivity index (χ2v) is 5.57. The molecule has 3 nitrogen and oxygen atoms in total. The van der Waals surface area contributed by atoms with Gasteiger partial charge in [-0.2, -0.15) is 0 Å². The molecule has 1 aromatic rings. The molecule has 2 rings (SSSR count). The minimum atomic E-state index is -0.131. The van der Waals surface area contributed by atoms with E-state index in [1.165, 1.54) is 5.69 Å². The van der Waals surface area contributed by atoms with Crippen LogP contribution in [0.25, 0.3) is 0 Å². The second kappa shape index (κ2) is 5.38. The zero-order chi connectivity index (χ0) is 12.4. The Kier molecular flexibility index (Phi) is 4.07. The summed E-state index contributed by atoms with van der Waals surface area (Å²) in [5, 5.41) is 9.51. The number of benzene rings is 1. The summed E-state index contributed by atoms with van der Waals surface area (Å²) in [5.74, 6) is 0. The molecule has 0 aliphatic carbocycles. The molecule has 0 amide bonds. The van der Waals surface area contributed by atoms with E-state index < -0.39 is 0 Å².